The summed E-state index contributed by atoms with van der Waals surface area (Å²) in [6.45, 7) is 6.05. The van der Waals surface area contributed by atoms with Crippen LogP contribution in [0.3, 0.4) is 0 Å². The van der Waals surface area contributed by atoms with Crippen LogP contribution in [0.5, 0.6) is 0 Å². The van der Waals surface area contributed by atoms with Crippen LogP contribution in [0.4, 0.5) is 0 Å². The third-order valence-electron chi connectivity index (χ3n) is 4.46. The van der Waals surface area contributed by atoms with E-state index in [0.717, 1.165) is 24.2 Å². The number of ether oxygens (including phenoxy) is 1. The molecule has 1 amide bonds. The molecule has 0 bridgehead atoms. The Hall–Kier alpha value is -2.31. The van der Waals surface area contributed by atoms with Gasteiger partial charge in [-0.05, 0) is 36.2 Å². The predicted molar refractivity (Wildman–Crippen MR) is 94.7 cm³/mol. The van der Waals surface area contributed by atoms with Crippen molar-refractivity contribution < 1.29 is 9.53 Å². The highest BCUT2D eigenvalue weighted by molar-refractivity contribution is 5.83. The third kappa shape index (κ3) is 4.41. The second-order valence-corrected chi connectivity index (χ2v) is 6.05. The highest BCUT2D eigenvalue weighted by Crippen LogP contribution is 2.24. The van der Waals surface area contributed by atoms with Crippen molar-refractivity contribution >= 4 is 5.91 Å². The molecule has 3 heterocycles. The van der Waals surface area contributed by atoms with E-state index >= 15 is 0 Å². The third-order valence-corrected chi connectivity index (χ3v) is 4.46. The number of carbonyl (C=O) groups is 1. The summed E-state index contributed by atoms with van der Waals surface area (Å²) < 4.78 is 5.46. The fourth-order valence-electron chi connectivity index (χ4n) is 3.11. The number of morpholine rings is 1. The predicted octanol–water partition coefficient (Wildman–Crippen LogP) is 1.90. The molecule has 3 rings (SSSR count). The molecule has 2 aromatic rings. The first kappa shape index (κ1) is 17.5. The number of aromatic nitrogens is 2. The minimum Gasteiger partial charge on any atom is -0.379 e. The first-order chi connectivity index (χ1) is 12.3. The second-order valence-electron chi connectivity index (χ2n) is 6.05. The molecule has 132 valence electrons. The quantitative estimate of drug-likeness (QED) is 0.804. The van der Waals surface area contributed by atoms with Crippen LogP contribution in [0.1, 0.15) is 24.1 Å². The molecule has 0 radical (unpaired) electrons. The summed E-state index contributed by atoms with van der Waals surface area (Å²) in [5.74, 6) is 0.106. The number of nitrogens with zero attached hydrogens (tertiary/aromatic N) is 4. The van der Waals surface area contributed by atoms with E-state index in [1.807, 2.05) is 36.1 Å². The number of hydrogen-bond donors (Lipinski definition) is 0. The lowest BCUT2D eigenvalue weighted by Gasteiger charge is -2.36. The Morgan fingerprint density at radius 2 is 1.96 bits per heavy atom. The van der Waals surface area contributed by atoms with Crippen molar-refractivity contribution in [3.63, 3.8) is 0 Å². The fourth-order valence-corrected chi connectivity index (χ4v) is 3.11. The van der Waals surface area contributed by atoms with Crippen LogP contribution in [-0.4, -0.2) is 58.5 Å². The van der Waals surface area contributed by atoms with Gasteiger partial charge in [-0.1, -0.05) is 6.07 Å². The lowest BCUT2D eigenvalue weighted by atomic mass is 10.0. The van der Waals surface area contributed by atoms with E-state index in [-0.39, 0.29) is 11.9 Å². The van der Waals surface area contributed by atoms with E-state index in [4.69, 9.17) is 4.74 Å². The minimum atomic E-state index is -0.320. The van der Waals surface area contributed by atoms with E-state index < -0.39 is 0 Å². The van der Waals surface area contributed by atoms with Crippen molar-refractivity contribution in [3.05, 3.63) is 60.2 Å². The largest absolute Gasteiger partial charge is 0.379 e. The lowest BCUT2D eigenvalue weighted by Crippen LogP contribution is -2.47. The average molecular weight is 340 g/mol. The van der Waals surface area contributed by atoms with Gasteiger partial charge in [-0.2, -0.15) is 0 Å². The highest BCUT2D eigenvalue weighted by Gasteiger charge is 2.32. The highest BCUT2D eigenvalue weighted by atomic mass is 16.5. The molecule has 25 heavy (non-hydrogen) atoms. The van der Waals surface area contributed by atoms with Crippen LogP contribution < -0.4 is 0 Å². The number of carbonyl (C=O) groups excluding carboxylic acids is 1. The van der Waals surface area contributed by atoms with E-state index in [1.54, 1.807) is 24.8 Å². The summed E-state index contributed by atoms with van der Waals surface area (Å²) in [6.07, 6.45) is 7.04. The Kier molecular flexibility index (Phi) is 6.09. The number of amides is 1. The van der Waals surface area contributed by atoms with Crippen molar-refractivity contribution in [2.45, 2.75) is 19.5 Å². The lowest BCUT2D eigenvalue weighted by molar-refractivity contribution is -0.139. The van der Waals surface area contributed by atoms with E-state index in [1.165, 1.54) is 0 Å². The van der Waals surface area contributed by atoms with Crippen LogP contribution in [0, 0.1) is 0 Å². The second kappa shape index (κ2) is 8.69. The van der Waals surface area contributed by atoms with Crippen LogP contribution >= 0.6 is 0 Å². The molecule has 1 aliphatic heterocycles. The standard InChI is InChI=1S/C19H24N4O2/c1-2-22(15-16-5-8-20-9-6-16)19(24)18(17-4-3-7-21-14-17)23-10-12-25-13-11-23/h3-9,14,18H,2,10-13,15H2,1H3/t18-/m0/s1. The molecular weight excluding hydrogens is 316 g/mol. The number of likely N-dealkylation sites (N-methyl/N-ethyl adjacent to an activating group) is 1. The molecule has 0 spiro atoms. The summed E-state index contributed by atoms with van der Waals surface area (Å²) in [7, 11) is 0. The number of rotatable bonds is 6. The van der Waals surface area contributed by atoms with Gasteiger partial charge in [0.25, 0.3) is 0 Å². The smallest absolute Gasteiger partial charge is 0.244 e. The first-order valence-corrected chi connectivity index (χ1v) is 8.69. The molecule has 0 unspecified atom stereocenters. The van der Waals surface area contributed by atoms with Crippen LogP contribution in [0.15, 0.2) is 49.1 Å². The van der Waals surface area contributed by atoms with Crippen molar-refractivity contribution in [2.24, 2.45) is 0 Å². The summed E-state index contributed by atoms with van der Waals surface area (Å²) in [4.78, 5) is 25.7. The molecule has 0 saturated carbocycles. The molecule has 0 aromatic carbocycles. The monoisotopic (exact) mass is 340 g/mol. The van der Waals surface area contributed by atoms with Gasteiger partial charge in [0.15, 0.2) is 0 Å². The molecule has 6 nitrogen and oxygen atoms in total. The molecule has 0 N–H and O–H groups in total. The zero-order chi connectivity index (χ0) is 17.5. The van der Waals surface area contributed by atoms with Crippen molar-refractivity contribution in [3.8, 4) is 0 Å². The molecule has 0 aliphatic carbocycles. The van der Waals surface area contributed by atoms with Gasteiger partial charge in [-0.25, -0.2) is 0 Å². The van der Waals surface area contributed by atoms with Crippen LogP contribution in [0.2, 0.25) is 0 Å². The zero-order valence-corrected chi connectivity index (χ0v) is 14.5. The van der Waals surface area contributed by atoms with Gasteiger partial charge in [-0.3, -0.25) is 19.7 Å². The number of hydrogen-bond acceptors (Lipinski definition) is 5. The molecule has 6 heteroatoms. The Morgan fingerprint density at radius 3 is 2.60 bits per heavy atom. The molecule has 1 atom stereocenters. The van der Waals surface area contributed by atoms with E-state index in [2.05, 4.69) is 14.9 Å². The maximum atomic E-state index is 13.4. The van der Waals surface area contributed by atoms with Gasteiger partial charge in [0.05, 0.1) is 13.2 Å². The maximum absolute atomic E-state index is 13.4. The van der Waals surface area contributed by atoms with E-state index in [0.29, 0.717) is 26.3 Å². The van der Waals surface area contributed by atoms with Gasteiger partial charge < -0.3 is 9.64 Å². The minimum absolute atomic E-state index is 0.106. The first-order valence-electron chi connectivity index (χ1n) is 8.69. The Balaban J connectivity index is 1.84. The Labute approximate surface area is 148 Å². The maximum Gasteiger partial charge on any atom is 0.244 e. The Bertz CT molecular complexity index is 660. The molecule has 1 aliphatic rings. The summed E-state index contributed by atoms with van der Waals surface area (Å²) in [5.41, 5.74) is 2.01. The van der Waals surface area contributed by atoms with Gasteiger partial charge in [0.1, 0.15) is 6.04 Å². The van der Waals surface area contributed by atoms with Crippen LogP contribution in [0.25, 0.3) is 0 Å². The van der Waals surface area contributed by atoms with E-state index in [9.17, 15) is 4.79 Å². The summed E-state index contributed by atoms with van der Waals surface area (Å²) >= 11 is 0. The normalized spacial score (nSPS) is 16.4. The SMILES string of the molecule is CCN(Cc1ccncc1)C(=O)[C@H](c1cccnc1)N1CCOCC1. The molecule has 1 saturated heterocycles. The van der Waals surface area contributed by atoms with Gasteiger partial charge >= 0.3 is 0 Å². The summed E-state index contributed by atoms with van der Waals surface area (Å²) in [6, 6.07) is 7.44. The van der Waals surface area contributed by atoms with Crippen LogP contribution in [-0.2, 0) is 16.1 Å². The number of pyridine rings is 2. The molecule has 2 aromatic heterocycles. The van der Waals surface area contributed by atoms with Crippen molar-refractivity contribution in [1.82, 2.24) is 19.8 Å². The van der Waals surface area contributed by atoms with Crippen molar-refractivity contribution in [2.75, 3.05) is 32.8 Å². The average Bonchev–Trinajstić information content (AvgIpc) is 2.69. The molecule has 1 fully saturated rings. The molecular formula is C19H24N4O2. The van der Waals surface area contributed by atoms with Gasteiger partial charge in [0, 0.05) is 51.0 Å². The summed E-state index contributed by atoms with van der Waals surface area (Å²) in [5, 5.41) is 0. The van der Waals surface area contributed by atoms with Gasteiger partial charge in [-0.15, -0.1) is 0 Å². The van der Waals surface area contributed by atoms with Crippen molar-refractivity contribution in [1.29, 1.82) is 0 Å². The fraction of sp³-hybridized carbons (Fsp3) is 0.421. The Morgan fingerprint density at radius 1 is 1.20 bits per heavy atom. The topological polar surface area (TPSA) is 58.6 Å². The zero-order valence-electron chi connectivity index (χ0n) is 14.5. The van der Waals surface area contributed by atoms with Gasteiger partial charge in [0.2, 0.25) is 5.91 Å².